The molecule has 0 amide bonds. The third-order valence-corrected chi connectivity index (χ3v) is 4.89. The Hall–Kier alpha value is -0.570. The summed E-state index contributed by atoms with van der Waals surface area (Å²) in [5.41, 5.74) is 7.45. The van der Waals surface area contributed by atoms with Crippen LogP contribution in [0, 0.1) is 5.92 Å². The highest BCUT2D eigenvalue weighted by Gasteiger charge is 2.40. The molecule has 0 aliphatic heterocycles. The largest absolute Gasteiger partial charge is 0.375 e. The van der Waals surface area contributed by atoms with Crippen molar-refractivity contribution in [3.63, 3.8) is 0 Å². The summed E-state index contributed by atoms with van der Waals surface area (Å²) in [7, 11) is 0. The third-order valence-electron chi connectivity index (χ3n) is 3.95. The first-order chi connectivity index (χ1) is 7.10. The number of fused-ring (bicyclic) bond motifs is 1. The number of aromatic nitrogens is 1. The minimum absolute atomic E-state index is 0.293. The molecule has 2 rings (SSSR count). The Morgan fingerprint density at radius 3 is 2.87 bits per heavy atom. The van der Waals surface area contributed by atoms with Crippen LogP contribution in [-0.2, 0) is 11.8 Å². The number of anilines is 1. The minimum atomic E-state index is 0.293. The van der Waals surface area contributed by atoms with Gasteiger partial charge in [0.15, 0.2) is 5.13 Å². The van der Waals surface area contributed by atoms with Crippen molar-refractivity contribution in [3.05, 3.63) is 10.6 Å². The van der Waals surface area contributed by atoms with Gasteiger partial charge in [0, 0.05) is 10.3 Å². The number of rotatable bonds is 2. The van der Waals surface area contributed by atoms with E-state index in [9.17, 15) is 0 Å². The molecule has 0 saturated heterocycles. The van der Waals surface area contributed by atoms with Gasteiger partial charge in [0.1, 0.15) is 0 Å². The number of aryl methyl sites for hydroxylation is 1. The van der Waals surface area contributed by atoms with Crippen molar-refractivity contribution in [1.29, 1.82) is 0 Å². The lowest BCUT2D eigenvalue weighted by atomic mass is 9.66. The van der Waals surface area contributed by atoms with Gasteiger partial charge in [-0.25, -0.2) is 4.98 Å². The monoisotopic (exact) mass is 224 g/mol. The molecule has 1 unspecified atom stereocenters. The number of nitrogens with zero attached hydrogens (tertiary/aromatic N) is 1. The molecule has 0 saturated carbocycles. The molecule has 1 aromatic rings. The quantitative estimate of drug-likeness (QED) is 0.836. The van der Waals surface area contributed by atoms with Crippen molar-refractivity contribution in [2.24, 2.45) is 5.92 Å². The maximum atomic E-state index is 5.84. The second-order valence-corrected chi connectivity index (χ2v) is 5.96. The molecule has 1 aliphatic rings. The topological polar surface area (TPSA) is 38.9 Å². The van der Waals surface area contributed by atoms with Gasteiger partial charge >= 0.3 is 0 Å². The highest BCUT2D eigenvalue weighted by Crippen LogP contribution is 2.46. The summed E-state index contributed by atoms with van der Waals surface area (Å²) >= 11 is 1.69. The summed E-state index contributed by atoms with van der Waals surface area (Å²) in [5.74, 6) is 0.656. The zero-order chi connectivity index (χ0) is 11.1. The number of thiazole rings is 1. The number of hydrogen-bond donors (Lipinski definition) is 1. The van der Waals surface area contributed by atoms with Gasteiger partial charge in [0.2, 0.25) is 0 Å². The SMILES string of the molecule is CCC1(C(C)C)CCCc2sc(N)nc21. The molecule has 0 fully saturated rings. The Morgan fingerprint density at radius 2 is 2.27 bits per heavy atom. The fourth-order valence-electron chi connectivity index (χ4n) is 2.93. The first kappa shape index (κ1) is 10.9. The van der Waals surface area contributed by atoms with Gasteiger partial charge in [0.25, 0.3) is 0 Å². The molecule has 1 aliphatic carbocycles. The molecule has 0 radical (unpaired) electrons. The predicted octanol–water partition coefficient (Wildman–Crippen LogP) is 3.37. The van der Waals surface area contributed by atoms with Gasteiger partial charge in [-0.2, -0.15) is 0 Å². The van der Waals surface area contributed by atoms with Gasteiger partial charge in [0.05, 0.1) is 5.69 Å². The lowest BCUT2D eigenvalue weighted by Gasteiger charge is -2.39. The summed E-state index contributed by atoms with van der Waals surface area (Å²) in [6, 6.07) is 0. The maximum absolute atomic E-state index is 5.84. The smallest absolute Gasteiger partial charge is 0.180 e. The van der Waals surface area contributed by atoms with E-state index in [0.29, 0.717) is 11.3 Å². The molecule has 0 aromatic carbocycles. The highest BCUT2D eigenvalue weighted by molar-refractivity contribution is 7.15. The third kappa shape index (κ3) is 1.57. The van der Waals surface area contributed by atoms with Crippen LogP contribution < -0.4 is 5.73 Å². The molecule has 2 N–H and O–H groups in total. The van der Waals surface area contributed by atoms with Gasteiger partial charge < -0.3 is 5.73 Å². The van der Waals surface area contributed by atoms with E-state index in [1.165, 1.54) is 36.3 Å². The second kappa shape index (κ2) is 3.78. The number of nitrogens with two attached hydrogens (primary N) is 1. The summed E-state index contributed by atoms with van der Waals surface area (Å²) in [4.78, 5) is 6.03. The molecule has 1 atom stereocenters. The van der Waals surface area contributed by atoms with Crippen LogP contribution in [0.5, 0.6) is 0 Å². The zero-order valence-corrected chi connectivity index (χ0v) is 10.7. The van der Waals surface area contributed by atoms with Crippen LogP contribution in [0.15, 0.2) is 0 Å². The van der Waals surface area contributed by atoms with Crippen LogP contribution in [0.4, 0.5) is 5.13 Å². The van der Waals surface area contributed by atoms with E-state index in [0.717, 1.165) is 5.13 Å². The lowest BCUT2D eigenvalue weighted by molar-refractivity contribution is 0.247. The van der Waals surface area contributed by atoms with E-state index >= 15 is 0 Å². The standard InChI is InChI=1S/C12H20N2S/c1-4-12(8(2)3)7-5-6-9-10(12)14-11(13)15-9/h8H,4-7H2,1-3H3,(H2,13,14). The van der Waals surface area contributed by atoms with Gasteiger partial charge in [-0.15, -0.1) is 11.3 Å². The van der Waals surface area contributed by atoms with Crippen molar-refractivity contribution >= 4 is 16.5 Å². The van der Waals surface area contributed by atoms with Gasteiger partial charge in [-0.05, 0) is 31.6 Å². The molecule has 1 aromatic heterocycles. The summed E-state index contributed by atoms with van der Waals surface area (Å²) in [5, 5.41) is 0.750. The Bertz CT molecular complexity index is 357. The van der Waals surface area contributed by atoms with Crippen molar-refractivity contribution in [1.82, 2.24) is 4.98 Å². The lowest BCUT2D eigenvalue weighted by Crippen LogP contribution is -2.35. The minimum Gasteiger partial charge on any atom is -0.375 e. The summed E-state index contributed by atoms with van der Waals surface area (Å²) < 4.78 is 0. The van der Waals surface area contributed by atoms with E-state index in [1.54, 1.807) is 11.3 Å². The van der Waals surface area contributed by atoms with Crippen LogP contribution in [0.3, 0.4) is 0 Å². The van der Waals surface area contributed by atoms with E-state index in [4.69, 9.17) is 5.73 Å². The average Bonchev–Trinajstić information content (AvgIpc) is 2.57. The van der Waals surface area contributed by atoms with Crippen molar-refractivity contribution in [2.75, 3.05) is 5.73 Å². The Balaban J connectivity index is 2.51. The molecular formula is C12H20N2S. The Kier molecular flexibility index (Phi) is 2.75. The first-order valence-corrected chi connectivity index (χ1v) is 6.67. The molecule has 0 spiro atoms. The molecule has 1 heterocycles. The highest BCUT2D eigenvalue weighted by atomic mass is 32.1. The molecule has 2 nitrogen and oxygen atoms in total. The van der Waals surface area contributed by atoms with Crippen LogP contribution in [0.2, 0.25) is 0 Å². The van der Waals surface area contributed by atoms with Crippen LogP contribution >= 0.6 is 11.3 Å². The van der Waals surface area contributed by atoms with Crippen LogP contribution in [-0.4, -0.2) is 4.98 Å². The Morgan fingerprint density at radius 1 is 1.53 bits per heavy atom. The summed E-state index contributed by atoms with van der Waals surface area (Å²) in [6.07, 6.45) is 4.93. The molecule has 0 bridgehead atoms. The van der Waals surface area contributed by atoms with Gasteiger partial charge in [-0.3, -0.25) is 0 Å². The fraction of sp³-hybridized carbons (Fsp3) is 0.750. The zero-order valence-electron chi connectivity index (χ0n) is 9.84. The Labute approximate surface area is 95.9 Å². The summed E-state index contributed by atoms with van der Waals surface area (Å²) in [6.45, 7) is 6.91. The van der Waals surface area contributed by atoms with E-state index in [-0.39, 0.29) is 0 Å². The van der Waals surface area contributed by atoms with E-state index in [2.05, 4.69) is 25.8 Å². The van der Waals surface area contributed by atoms with E-state index in [1.807, 2.05) is 0 Å². The number of hydrogen-bond acceptors (Lipinski definition) is 3. The van der Waals surface area contributed by atoms with Crippen LogP contribution in [0.25, 0.3) is 0 Å². The average molecular weight is 224 g/mol. The van der Waals surface area contributed by atoms with Crippen molar-refractivity contribution < 1.29 is 0 Å². The normalized spacial score (nSPS) is 25.6. The molecule has 84 valence electrons. The van der Waals surface area contributed by atoms with Gasteiger partial charge in [-0.1, -0.05) is 20.8 Å². The second-order valence-electron chi connectivity index (χ2n) is 4.84. The molecule has 15 heavy (non-hydrogen) atoms. The van der Waals surface area contributed by atoms with Crippen LogP contribution in [0.1, 0.15) is 50.6 Å². The first-order valence-electron chi connectivity index (χ1n) is 5.86. The fourth-order valence-corrected chi connectivity index (χ4v) is 3.91. The molecular weight excluding hydrogens is 204 g/mol. The van der Waals surface area contributed by atoms with Crippen molar-refractivity contribution in [3.8, 4) is 0 Å². The maximum Gasteiger partial charge on any atom is 0.180 e. The predicted molar refractivity (Wildman–Crippen MR) is 66.3 cm³/mol. The van der Waals surface area contributed by atoms with E-state index < -0.39 is 0 Å². The number of nitrogen functional groups attached to an aromatic ring is 1. The molecule has 3 heteroatoms. The van der Waals surface area contributed by atoms with Crippen molar-refractivity contribution in [2.45, 2.75) is 51.9 Å².